The number of thiophene rings is 1. The van der Waals surface area contributed by atoms with Crippen molar-refractivity contribution in [2.75, 3.05) is 49.2 Å². The lowest BCUT2D eigenvalue weighted by molar-refractivity contribution is -0.139. The van der Waals surface area contributed by atoms with Crippen LogP contribution < -0.4 is 15.1 Å². The molecule has 0 radical (unpaired) electrons. The molecule has 0 bridgehead atoms. The summed E-state index contributed by atoms with van der Waals surface area (Å²) in [4.78, 5) is 74.2. The van der Waals surface area contributed by atoms with Gasteiger partial charge in [0.15, 0.2) is 0 Å². The summed E-state index contributed by atoms with van der Waals surface area (Å²) in [6, 6.07) is 8.66. The zero-order valence-corrected chi connectivity index (χ0v) is 24.2. The van der Waals surface area contributed by atoms with Crippen molar-refractivity contribution in [3.8, 4) is 0 Å². The average molecular weight is 631 g/mol. The molecule has 2 aliphatic heterocycles. The Bertz CT molecular complexity index is 1500. The highest BCUT2D eigenvalue weighted by Crippen LogP contribution is 2.27. The molecule has 2 saturated heterocycles. The van der Waals surface area contributed by atoms with E-state index in [-0.39, 0.29) is 36.9 Å². The minimum Gasteiger partial charge on any atom is -0.480 e. The molecular formula is C27H27ClN6O8S. The van der Waals surface area contributed by atoms with Gasteiger partial charge < -0.3 is 24.5 Å². The number of carbonyl (C=O) groups is 5. The fourth-order valence-electron chi connectivity index (χ4n) is 4.66. The van der Waals surface area contributed by atoms with Crippen LogP contribution >= 0.6 is 22.9 Å². The normalized spacial score (nSPS) is 17.6. The smallest absolute Gasteiger partial charge is 0.414 e. The Labute approximate surface area is 254 Å². The first kappa shape index (κ1) is 30.2. The topological polar surface area (TPSA) is 174 Å². The van der Waals surface area contributed by atoms with E-state index in [1.165, 1.54) is 29.6 Å². The summed E-state index contributed by atoms with van der Waals surface area (Å²) in [6.07, 6.45) is 1.40. The van der Waals surface area contributed by atoms with E-state index in [1.807, 2.05) is 0 Å². The van der Waals surface area contributed by atoms with Crippen LogP contribution in [-0.2, 0) is 30.3 Å². The third kappa shape index (κ3) is 7.19. The van der Waals surface area contributed by atoms with Crippen molar-refractivity contribution in [1.82, 2.24) is 20.2 Å². The lowest BCUT2D eigenvalue weighted by atomic mass is 10.1. The standard InChI is InChI=1S/C27H27ClN6O8S/c28-22-6-5-21(43-22)25(37)34(23(35)11-30-20(26(38)39)9-16-10-29-15-31-16)13-19-12-33(27(40)42-19)18-3-1-17(2-4-18)32-7-8-41-14-24(32)36/h1-6,10,15,19-20,30H,7-9,11-14H2,(H,29,31)(H,38,39)/t19-,20-/m1/s1. The molecule has 3 aromatic rings. The summed E-state index contributed by atoms with van der Waals surface area (Å²) >= 11 is 7.00. The summed E-state index contributed by atoms with van der Waals surface area (Å²) in [6.45, 7) is 0.157. The molecule has 3 N–H and O–H groups in total. The van der Waals surface area contributed by atoms with Crippen molar-refractivity contribution in [2.45, 2.75) is 18.6 Å². The van der Waals surface area contributed by atoms with Crippen LogP contribution in [0.4, 0.5) is 16.2 Å². The van der Waals surface area contributed by atoms with Gasteiger partial charge in [-0.15, -0.1) is 11.3 Å². The molecule has 2 aliphatic rings. The Morgan fingerprint density at radius 1 is 1.16 bits per heavy atom. The van der Waals surface area contributed by atoms with Gasteiger partial charge in [-0.3, -0.25) is 34.3 Å². The van der Waals surface area contributed by atoms with E-state index in [0.717, 1.165) is 16.2 Å². The quantitative estimate of drug-likeness (QED) is 0.283. The molecule has 0 aliphatic carbocycles. The zero-order valence-electron chi connectivity index (χ0n) is 22.6. The number of hydrogen-bond donors (Lipinski definition) is 3. The molecule has 4 heterocycles. The lowest BCUT2D eigenvalue weighted by Gasteiger charge is -2.27. The van der Waals surface area contributed by atoms with Crippen LogP contribution in [0.25, 0.3) is 0 Å². The maximum Gasteiger partial charge on any atom is 0.414 e. The molecule has 4 amide bonds. The summed E-state index contributed by atoms with van der Waals surface area (Å²) in [5, 5.41) is 12.3. The Morgan fingerprint density at radius 2 is 1.91 bits per heavy atom. The summed E-state index contributed by atoms with van der Waals surface area (Å²) in [5.41, 5.74) is 1.73. The van der Waals surface area contributed by atoms with E-state index in [4.69, 9.17) is 21.1 Å². The van der Waals surface area contributed by atoms with Gasteiger partial charge in [0.05, 0.1) is 41.8 Å². The summed E-state index contributed by atoms with van der Waals surface area (Å²) in [7, 11) is 0. The van der Waals surface area contributed by atoms with Gasteiger partial charge in [-0.05, 0) is 36.4 Å². The number of imide groups is 1. The predicted octanol–water partition coefficient (Wildman–Crippen LogP) is 1.77. The number of halogens is 1. The second-order valence-electron chi connectivity index (χ2n) is 9.70. The van der Waals surface area contributed by atoms with E-state index < -0.39 is 42.6 Å². The zero-order chi connectivity index (χ0) is 30.5. The van der Waals surface area contributed by atoms with Crippen LogP contribution in [0.15, 0.2) is 48.9 Å². The highest BCUT2D eigenvalue weighted by molar-refractivity contribution is 7.18. The first-order chi connectivity index (χ1) is 20.7. The molecule has 2 aromatic heterocycles. The number of rotatable bonds is 11. The number of imidazole rings is 1. The fraction of sp³-hybridized carbons (Fsp3) is 0.333. The third-order valence-corrected chi connectivity index (χ3v) is 8.05. The summed E-state index contributed by atoms with van der Waals surface area (Å²) in [5.74, 6) is -2.71. The monoisotopic (exact) mass is 630 g/mol. The second kappa shape index (κ2) is 13.3. The van der Waals surface area contributed by atoms with Gasteiger partial charge in [-0.1, -0.05) is 11.6 Å². The van der Waals surface area contributed by atoms with Crippen LogP contribution in [0, 0.1) is 0 Å². The molecule has 0 saturated carbocycles. The highest BCUT2D eigenvalue weighted by atomic mass is 35.5. The Hall–Kier alpha value is -4.31. The number of aliphatic carboxylic acids is 1. The number of benzene rings is 1. The number of nitrogens with zero attached hydrogens (tertiary/aromatic N) is 4. The maximum atomic E-state index is 13.4. The van der Waals surface area contributed by atoms with E-state index in [1.54, 1.807) is 29.2 Å². The van der Waals surface area contributed by atoms with Gasteiger partial charge in [-0.2, -0.15) is 0 Å². The lowest BCUT2D eigenvalue weighted by Crippen LogP contribution is -2.49. The van der Waals surface area contributed by atoms with Crippen molar-refractivity contribution < 1.29 is 38.6 Å². The van der Waals surface area contributed by atoms with Crippen LogP contribution in [0.5, 0.6) is 0 Å². The average Bonchev–Trinajstić information content (AvgIpc) is 3.75. The number of anilines is 2. The Balaban J connectivity index is 1.27. The van der Waals surface area contributed by atoms with Crippen molar-refractivity contribution in [3.05, 3.63) is 63.8 Å². The van der Waals surface area contributed by atoms with Gasteiger partial charge in [0, 0.05) is 36.2 Å². The van der Waals surface area contributed by atoms with Gasteiger partial charge in [0.1, 0.15) is 18.8 Å². The maximum absolute atomic E-state index is 13.4. The molecule has 14 nitrogen and oxygen atoms in total. The number of carboxylic acids is 1. The molecule has 0 spiro atoms. The number of carbonyl (C=O) groups excluding carboxylic acids is 4. The number of aromatic nitrogens is 2. The number of amides is 4. The van der Waals surface area contributed by atoms with Crippen molar-refractivity contribution in [3.63, 3.8) is 0 Å². The number of cyclic esters (lactones) is 1. The van der Waals surface area contributed by atoms with Gasteiger partial charge >= 0.3 is 12.1 Å². The van der Waals surface area contributed by atoms with Crippen molar-refractivity contribution in [2.24, 2.45) is 0 Å². The third-order valence-electron chi connectivity index (χ3n) is 6.83. The minimum atomic E-state index is -1.19. The molecule has 5 rings (SSSR count). The molecule has 0 unspecified atom stereocenters. The number of nitrogens with one attached hydrogen (secondary N) is 2. The molecular weight excluding hydrogens is 604 g/mol. The molecule has 43 heavy (non-hydrogen) atoms. The fourth-order valence-corrected chi connectivity index (χ4v) is 5.66. The molecule has 226 valence electrons. The molecule has 16 heteroatoms. The number of hydrogen-bond acceptors (Lipinski definition) is 10. The first-order valence-corrected chi connectivity index (χ1v) is 14.4. The van der Waals surface area contributed by atoms with Gasteiger partial charge in [0.25, 0.3) is 11.8 Å². The van der Waals surface area contributed by atoms with Crippen LogP contribution in [-0.4, -0.2) is 101 Å². The van der Waals surface area contributed by atoms with Crippen LogP contribution in [0.2, 0.25) is 4.34 Å². The van der Waals surface area contributed by atoms with Crippen LogP contribution in [0.1, 0.15) is 15.4 Å². The number of ether oxygens (including phenoxy) is 2. The Kier molecular flexibility index (Phi) is 9.35. The summed E-state index contributed by atoms with van der Waals surface area (Å²) < 4.78 is 11.0. The highest BCUT2D eigenvalue weighted by Gasteiger charge is 2.37. The van der Waals surface area contributed by atoms with Gasteiger partial charge in [-0.25, -0.2) is 9.78 Å². The Morgan fingerprint density at radius 3 is 2.53 bits per heavy atom. The number of carboxylic acid groups (broad SMARTS) is 1. The number of aromatic amines is 1. The van der Waals surface area contributed by atoms with E-state index in [0.29, 0.717) is 34.6 Å². The van der Waals surface area contributed by atoms with Crippen LogP contribution in [0.3, 0.4) is 0 Å². The van der Waals surface area contributed by atoms with E-state index in [9.17, 15) is 29.1 Å². The molecule has 2 atom stereocenters. The molecule has 1 aromatic carbocycles. The number of morpholine rings is 1. The van der Waals surface area contributed by atoms with E-state index in [2.05, 4.69) is 15.3 Å². The van der Waals surface area contributed by atoms with E-state index >= 15 is 0 Å². The largest absolute Gasteiger partial charge is 0.480 e. The predicted molar refractivity (Wildman–Crippen MR) is 154 cm³/mol. The first-order valence-electron chi connectivity index (χ1n) is 13.2. The second-order valence-corrected chi connectivity index (χ2v) is 11.4. The van der Waals surface area contributed by atoms with Crippen molar-refractivity contribution >= 4 is 64.1 Å². The minimum absolute atomic E-state index is 0.00420. The van der Waals surface area contributed by atoms with Crippen molar-refractivity contribution in [1.29, 1.82) is 0 Å². The SMILES string of the molecule is O=C(O)[C@@H](Cc1cnc[nH]1)NCC(=O)N(C[C@H]1CN(c2ccc(N3CCOCC3=O)cc2)C(=O)O1)C(=O)c1ccc(Cl)s1. The van der Waals surface area contributed by atoms with Gasteiger partial charge in [0.2, 0.25) is 5.91 Å². The number of H-pyrrole nitrogens is 1. The molecule has 2 fully saturated rings.